The molecule has 0 saturated heterocycles. The number of carbonyl (C=O) groups is 4. The molecule has 2 heterocycles. The number of rotatable bonds is 8. The molecule has 1 aromatic carbocycles. The van der Waals surface area contributed by atoms with Crippen LogP contribution < -0.4 is 21.4 Å². The van der Waals surface area contributed by atoms with Gasteiger partial charge < -0.3 is 21.1 Å². The van der Waals surface area contributed by atoms with Gasteiger partial charge in [0.05, 0.1) is 29.0 Å². The molecule has 1 fully saturated rings. The average molecular weight is 675 g/mol. The summed E-state index contributed by atoms with van der Waals surface area (Å²) in [4.78, 5) is 57.8. The Bertz CT molecular complexity index is 1710. The standard InChI is InChI=1S/C36H43ClN6O5/c1-18-9-10-22(15-19(18)2)17-38-33(44)29-16-30(34(45)40-27-14-13-23-20(3)24(36(47)48)11-12-25(23)27)43-32(39-29)31(21(4)42-43)35(46)41-28-8-6-5-7-26(28)37/h9-12,15-16,20-21,24,26-28,42H,5-8,13-14,17H2,1-4H3,(H,38,44)(H,40,45)(H,41,46)(H,47,48)/t20?,21?,24?,26-,27-,28?/m0/s1. The van der Waals surface area contributed by atoms with Crippen molar-refractivity contribution < 1.29 is 24.3 Å². The number of carboxylic acids is 1. The number of aryl methyl sites for hydroxylation is 2. The van der Waals surface area contributed by atoms with Crippen molar-refractivity contribution in [1.29, 1.82) is 0 Å². The fourth-order valence-electron chi connectivity index (χ4n) is 7.34. The second kappa shape index (κ2) is 13.7. The molecule has 6 rings (SSSR count). The van der Waals surface area contributed by atoms with Crippen molar-refractivity contribution in [1.82, 2.24) is 26.4 Å². The first-order valence-corrected chi connectivity index (χ1v) is 17.2. The zero-order valence-electron chi connectivity index (χ0n) is 27.7. The maximum absolute atomic E-state index is 14.1. The van der Waals surface area contributed by atoms with Gasteiger partial charge in [-0.1, -0.05) is 55.7 Å². The number of aliphatic imine (C=N–C) groups is 1. The summed E-state index contributed by atoms with van der Waals surface area (Å²) < 4.78 is 0. The van der Waals surface area contributed by atoms with E-state index in [2.05, 4.69) is 26.4 Å². The highest BCUT2D eigenvalue weighted by Crippen LogP contribution is 2.40. The van der Waals surface area contributed by atoms with Crippen LogP contribution in [0.4, 0.5) is 0 Å². The molecule has 0 bridgehead atoms. The Kier molecular flexibility index (Phi) is 9.62. The van der Waals surface area contributed by atoms with Gasteiger partial charge in [-0.2, -0.15) is 0 Å². The van der Waals surface area contributed by atoms with Gasteiger partial charge in [-0.05, 0) is 74.6 Å². The van der Waals surface area contributed by atoms with E-state index in [1.165, 1.54) is 11.1 Å². The Morgan fingerprint density at radius 3 is 2.52 bits per heavy atom. The minimum Gasteiger partial charge on any atom is -0.481 e. The first kappa shape index (κ1) is 33.7. The van der Waals surface area contributed by atoms with Crippen LogP contribution in [-0.2, 0) is 25.7 Å². The van der Waals surface area contributed by atoms with E-state index in [1.807, 2.05) is 52.0 Å². The molecular weight excluding hydrogens is 632 g/mol. The number of aliphatic carboxylic acids is 1. The summed E-state index contributed by atoms with van der Waals surface area (Å²) in [7, 11) is 0. The molecule has 0 aromatic heterocycles. The van der Waals surface area contributed by atoms with Gasteiger partial charge in [0.1, 0.15) is 11.4 Å². The number of benzene rings is 1. The van der Waals surface area contributed by atoms with Crippen molar-refractivity contribution in [2.45, 2.75) is 96.3 Å². The molecule has 5 N–H and O–H groups in total. The van der Waals surface area contributed by atoms with Crippen molar-refractivity contribution in [3.05, 3.63) is 81.4 Å². The summed E-state index contributed by atoms with van der Waals surface area (Å²) in [5.74, 6) is -2.73. The molecule has 12 heteroatoms. The van der Waals surface area contributed by atoms with Gasteiger partial charge >= 0.3 is 5.97 Å². The van der Waals surface area contributed by atoms with Gasteiger partial charge in [-0.25, -0.2) is 10.4 Å². The lowest BCUT2D eigenvalue weighted by Crippen LogP contribution is -2.46. The lowest BCUT2D eigenvalue weighted by Gasteiger charge is -2.29. The zero-order chi connectivity index (χ0) is 34.3. The Morgan fingerprint density at radius 2 is 1.79 bits per heavy atom. The normalized spacial score (nSPS) is 28.0. The molecule has 254 valence electrons. The molecule has 6 atom stereocenters. The Hall–Kier alpha value is -4.22. The topological polar surface area (TPSA) is 152 Å². The van der Waals surface area contributed by atoms with Gasteiger partial charge in [-0.15, -0.1) is 11.6 Å². The summed E-state index contributed by atoms with van der Waals surface area (Å²) in [5, 5.41) is 20.1. The van der Waals surface area contributed by atoms with Crippen molar-refractivity contribution in [3.8, 4) is 0 Å². The minimum absolute atomic E-state index is 0.00568. The molecule has 1 aromatic rings. The summed E-state index contributed by atoms with van der Waals surface area (Å²) in [6, 6.07) is 4.94. The van der Waals surface area contributed by atoms with Crippen LogP contribution in [0.1, 0.15) is 69.1 Å². The van der Waals surface area contributed by atoms with Crippen LogP contribution in [0, 0.1) is 25.7 Å². The molecule has 1 saturated carbocycles. The Morgan fingerprint density at radius 1 is 1.02 bits per heavy atom. The average Bonchev–Trinajstić information content (AvgIpc) is 3.62. The van der Waals surface area contributed by atoms with E-state index in [1.54, 1.807) is 6.08 Å². The third-order valence-electron chi connectivity index (χ3n) is 10.3. The molecule has 0 spiro atoms. The Balaban J connectivity index is 1.28. The van der Waals surface area contributed by atoms with Gasteiger partial charge in [0.15, 0.2) is 5.82 Å². The third kappa shape index (κ3) is 6.58. The summed E-state index contributed by atoms with van der Waals surface area (Å²) in [5.41, 5.74) is 8.81. The highest BCUT2D eigenvalue weighted by molar-refractivity contribution is 6.44. The van der Waals surface area contributed by atoms with Gasteiger partial charge in [0.2, 0.25) is 0 Å². The molecule has 5 aliphatic rings. The van der Waals surface area contributed by atoms with Crippen LogP contribution >= 0.6 is 11.6 Å². The van der Waals surface area contributed by atoms with E-state index in [-0.39, 0.29) is 53.1 Å². The molecular formula is C36H43ClN6O5. The molecule has 4 unspecified atom stereocenters. The van der Waals surface area contributed by atoms with Crippen LogP contribution in [0.3, 0.4) is 0 Å². The fraction of sp³-hybridized carbons (Fsp3) is 0.472. The number of hydrazine groups is 1. The lowest BCUT2D eigenvalue weighted by atomic mass is 9.81. The van der Waals surface area contributed by atoms with Gasteiger partial charge in [-0.3, -0.25) is 24.2 Å². The van der Waals surface area contributed by atoms with E-state index < -0.39 is 29.7 Å². The predicted octanol–water partition coefficient (Wildman–Crippen LogP) is 3.83. The van der Waals surface area contributed by atoms with E-state index in [0.717, 1.165) is 53.5 Å². The number of hydrogen-bond donors (Lipinski definition) is 5. The monoisotopic (exact) mass is 674 g/mol. The largest absolute Gasteiger partial charge is 0.481 e. The van der Waals surface area contributed by atoms with Crippen LogP contribution in [-0.4, -0.2) is 63.0 Å². The number of hydrogen-bond acceptors (Lipinski definition) is 7. The highest BCUT2D eigenvalue weighted by atomic mass is 35.5. The van der Waals surface area contributed by atoms with Crippen LogP contribution in [0.2, 0.25) is 0 Å². The van der Waals surface area contributed by atoms with E-state index in [9.17, 15) is 24.3 Å². The lowest BCUT2D eigenvalue weighted by molar-refractivity contribution is -0.141. The number of amides is 3. The summed E-state index contributed by atoms with van der Waals surface area (Å²) >= 11 is 6.57. The number of carbonyl (C=O) groups excluding carboxylic acids is 3. The molecule has 0 radical (unpaired) electrons. The molecule has 48 heavy (non-hydrogen) atoms. The minimum atomic E-state index is -0.869. The second-order valence-electron chi connectivity index (χ2n) is 13.5. The third-order valence-corrected chi connectivity index (χ3v) is 10.8. The first-order valence-electron chi connectivity index (χ1n) is 16.8. The highest BCUT2D eigenvalue weighted by Gasteiger charge is 2.42. The Labute approximate surface area is 285 Å². The van der Waals surface area contributed by atoms with Crippen molar-refractivity contribution >= 4 is 41.0 Å². The SMILES string of the molecule is Cc1ccc(CNC(=O)C2=NC3=C(C(=O)NC4CCCC[C@@H]4Cl)C(C)NN3C(C(=O)N[C@H]3CCC4=C3C=CC(C(=O)O)C4C)=C2)cc1C. The van der Waals surface area contributed by atoms with Gasteiger partial charge in [0, 0.05) is 18.7 Å². The smallest absolute Gasteiger partial charge is 0.310 e. The van der Waals surface area contributed by atoms with E-state index in [0.29, 0.717) is 18.4 Å². The molecule has 2 aliphatic heterocycles. The number of allylic oxidation sites excluding steroid dienone is 1. The number of fused-ring (bicyclic) bond motifs is 1. The number of carboxylic acid groups (broad SMARTS) is 1. The molecule has 3 aliphatic carbocycles. The predicted molar refractivity (Wildman–Crippen MR) is 182 cm³/mol. The molecule has 11 nitrogen and oxygen atoms in total. The van der Waals surface area contributed by atoms with Crippen LogP contribution in [0.5, 0.6) is 0 Å². The molecule has 3 amide bonds. The number of alkyl halides is 1. The fourth-order valence-corrected chi connectivity index (χ4v) is 7.68. The first-order chi connectivity index (χ1) is 22.9. The number of nitrogens with one attached hydrogen (secondary N) is 4. The van der Waals surface area contributed by atoms with Crippen molar-refractivity contribution in [2.24, 2.45) is 16.8 Å². The van der Waals surface area contributed by atoms with Crippen LogP contribution in [0.25, 0.3) is 0 Å². The van der Waals surface area contributed by atoms with Crippen molar-refractivity contribution in [3.63, 3.8) is 0 Å². The summed E-state index contributed by atoms with van der Waals surface area (Å²) in [6.45, 7) is 8.02. The summed E-state index contributed by atoms with van der Waals surface area (Å²) in [6.07, 6.45) is 9.83. The van der Waals surface area contributed by atoms with Crippen LogP contribution in [0.15, 0.2) is 69.7 Å². The number of halogens is 1. The van der Waals surface area contributed by atoms with Crippen molar-refractivity contribution in [2.75, 3.05) is 0 Å². The van der Waals surface area contributed by atoms with E-state index >= 15 is 0 Å². The van der Waals surface area contributed by atoms with E-state index in [4.69, 9.17) is 11.6 Å². The quantitative estimate of drug-likeness (QED) is 0.263. The van der Waals surface area contributed by atoms with Gasteiger partial charge in [0.25, 0.3) is 17.7 Å². The maximum atomic E-state index is 14.1. The zero-order valence-corrected chi connectivity index (χ0v) is 28.5. The maximum Gasteiger partial charge on any atom is 0.310 e. The number of nitrogens with zero attached hydrogens (tertiary/aromatic N) is 2. The second-order valence-corrected chi connectivity index (χ2v) is 14.0.